The average molecular weight is 334 g/mol. The van der Waals surface area contributed by atoms with E-state index in [1.807, 2.05) is 12.1 Å². The lowest BCUT2D eigenvalue weighted by molar-refractivity contribution is 0.181. The van der Waals surface area contributed by atoms with Crippen LogP contribution >= 0.6 is 0 Å². The van der Waals surface area contributed by atoms with E-state index < -0.39 is 0 Å². The molecule has 2 nitrogen and oxygen atoms in total. The lowest BCUT2D eigenvalue weighted by Gasteiger charge is -2.44. The Bertz CT molecular complexity index is 764. The van der Waals surface area contributed by atoms with Gasteiger partial charge in [0.1, 0.15) is 11.5 Å². The number of benzene rings is 2. The second-order valence-corrected chi connectivity index (χ2v) is 8.31. The van der Waals surface area contributed by atoms with Gasteiger partial charge in [0.2, 0.25) is 0 Å². The third kappa shape index (κ3) is 2.09. The van der Waals surface area contributed by atoms with Gasteiger partial charge in [-0.3, -0.25) is 0 Å². The summed E-state index contributed by atoms with van der Waals surface area (Å²) in [5.74, 6) is 4.74. The fraction of sp³-hybridized carbons (Fsp3) is 0.478. The van der Waals surface area contributed by atoms with E-state index in [0.29, 0.717) is 5.75 Å². The van der Waals surface area contributed by atoms with Gasteiger partial charge in [0, 0.05) is 5.41 Å². The summed E-state index contributed by atoms with van der Waals surface area (Å²) in [6.45, 7) is 0. The van der Waals surface area contributed by atoms with E-state index in [2.05, 4.69) is 36.4 Å². The predicted molar refractivity (Wildman–Crippen MR) is 98.9 cm³/mol. The van der Waals surface area contributed by atoms with E-state index in [1.54, 1.807) is 7.11 Å². The van der Waals surface area contributed by atoms with Crippen LogP contribution in [-0.4, -0.2) is 12.2 Å². The molecule has 2 bridgehead atoms. The summed E-state index contributed by atoms with van der Waals surface area (Å²) in [6.07, 6.45) is 6.90. The molecule has 2 aromatic carbocycles. The summed E-state index contributed by atoms with van der Waals surface area (Å²) in [5, 5.41) is 9.79. The molecule has 130 valence electrons. The third-order valence-corrected chi connectivity index (χ3v) is 7.51. The van der Waals surface area contributed by atoms with Crippen molar-refractivity contribution in [1.82, 2.24) is 0 Å². The summed E-state index contributed by atoms with van der Waals surface area (Å²) in [7, 11) is 1.73. The topological polar surface area (TPSA) is 29.5 Å². The van der Waals surface area contributed by atoms with E-state index in [1.165, 1.54) is 43.2 Å². The molecule has 0 spiro atoms. The molecule has 1 N–H and O–H groups in total. The maximum atomic E-state index is 9.79. The van der Waals surface area contributed by atoms with Crippen LogP contribution in [0.15, 0.2) is 48.5 Å². The molecule has 2 heteroatoms. The lowest BCUT2D eigenvalue weighted by atomic mass is 9.59. The van der Waals surface area contributed by atoms with Crippen LogP contribution in [-0.2, 0) is 5.41 Å². The molecule has 0 heterocycles. The smallest absolute Gasteiger partial charge is 0.118 e. The predicted octanol–water partition coefficient (Wildman–Crippen LogP) is 5.14. The average Bonchev–Trinajstić information content (AvgIpc) is 3.34. The molecular weight excluding hydrogens is 308 g/mol. The highest BCUT2D eigenvalue weighted by atomic mass is 16.5. The van der Waals surface area contributed by atoms with Gasteiger partial charge in [0.25, 0.3) is 0 Å². The van der Waals surface area contributed by atoms with E-state index >= 15 is 0 Å². The number of aromatic hydroxyl groups is 1. The fourth-order valence-corrected chi connectivity index (χ4v) is 6.62. The van der Waals surface area contributed by atoms with Gasteiger partial charge in [0.15, 0.2) is 0 Å². The molecule has 5 rings (SSSR count). The molecule has 0 aliphatic heterocycles. The van der Waals surface area contributed by atoms with E-state index in [4.69, 9.17) is 4.74 Å². The minimum Gasteiger partial charge on any atom is -0.508 e. The SMILES string of the molecule is COc1ccc(C2(c3ccc(O)cc3)CC3CC2C2CCCC32)cc1. The Labute approximate surface area is 149 Å². The number of fused-ring (bicyclic) bond motifs is 5. The van der Waals surface area contributed by atoms with Crippen molar-refractivity contribution in [2.45, 2.75) is 37.5 Å². The van der Waals surface area contributed by atoms with Gasteiger partial charge in [0.05, 0.1) is 7.11 Å². The summed E-state index contributed by atoms with van der Waals surface area (Å²) >= 11 is 0. The number of rotatable bonds is 3. The Hall–Kier alpha value is -1.96. The van der Waals surface area contributed by atoms with Gasteiger partial charge in [-0.25, -0.2) is 0 Å². The van der Waals surface area contributed by atoms with E-state index in [9.17, 15) is 5.11 Å². The number of ether oxygens (including phenoxy) is 1. The highest BCUT2D eigenvalue weighted by molar-refractivity contribution is 5.46. The molecule has 0 aromatic heterocycles. The number of hydrogen-bond acceptors (Lipinski definition) is 2. The molecule has 0 radical (unpaired) electrons. The van der Waals surface area contributed by atoms with Crippen molar-refractivity contribution in [2.75, 3.05) is 7.11 Å². The minimum absolute atomic E-state index is 0.107. The van der Waals surface area contributed by atoms with Crippen LogP contribution in [0.4, 0.5) is 0 Å². The molecule has 5 unspecified atom stereocenters. The van der Waals surface area contributed by atoms with Crippen LogP contribution in [0.1, 0.15) is 43.2 Å². The van der Waals surface area contributed by atoms with Gasteiger partial charge >= 0.3 is 0 Å². The van der Waals surface area contributed by atoms with Crippen molar-refractivity contribution in [2.24, 2.45) is 23.7 Å². The highest BCUT2D eigenvalue weighted by Gasteiger charge is 2.61. The van der Waals surface area contributed by atoms with E-state index in [-0.39, 0.29) is 5.41 Å². The summed E-state index contributed by atoms with van der Waals surface area (Å²) in [4.78, 5) is 0. The first-order valence-electron chi connectivity index (χ1n) is 9.66. The first-order valence-corrected chi connectivity index (χ1v) is 9.66. The van der Waals surface area contributed by atoms with Crippen LogP contribution in [0, 0.1) is 23.7 Å². The van der Waals surface area contributed by atoms with Gasteiger partial charge in [-0.2, -0.15) is 0 Å². The first-order chi connectivity index (χ1) is 12.2. The highest BCUT2D eigenvalue weighted by Crippen LogP contribution is 2.68. The second-order valence-electron chi connectivity index (χ2n) is 8.31. The van der Waals surface area contributed by atoms with Crippen molar-refractivity contribution in [3.63, 3.8) is 0 Å². The van der Waals surface area contributed by atoms with Gasteiger partial charge in [-0.15, -0.1) is 0 Å². The second kappa shape index (κ2) is 5.52. The number of phenols is 1. The van der Waals surface area contributed by atoms with Crippen molar-refractivity contribution >= 4 is 0 Å². The molecule has 3 aliphatic carbocycles. The summed E-state index contributed by atoms with van der Waals surface area (Å²) in [5.41, 5.74) is 2.92. The molecule has 0 amide bonds. The van der Waals surface area contributed by atoms with Crippen LogP contribution in [0.3, 0.4) is 0 Å². The van der Waals surface area contributed by atoms with Gasteiger partial charge < -0.3 is 9.84 Å². The molecule has 0 saturated heterocycles. The van der Waals surface area contributed by atoms with Gasteiger partial charge in [-0.05, 0) is 84.7 Å². The number of phenolic OH excluding ortho intramolecular Hbond substituents is 1. The largest absolute Gasteiger partial charge is 0.508 e. The quantitative estimate of drug-likeness (QED) is 0.842. The zero-order chi connectivity index (χ0) is 17.0. The van der Waals surface area contributed by atoms with Crippen molar-refractivity contribution < 1.29 is 9.84 Å². The Morgan fingerprint density at radius 3 is 2.24 bits per heavy atom. The molecule has 25 heavy (non-hydrogen) atoms. The van der Waals surface area contributed by atoms with Crippen molar-refractivity contribution in [3.05, 3.63) is 59.7 Å². The third-order valence-electron chi connectivity index (χ3n) is 7.51. The van der Waals surface area contributed by atoms with Crippen LogP contribution in [0.25, 0.3) is 0 Å². The zero-order valence-corrected chi connectivity index (χ0v) is 14.8. The Balaban J connectivity index is 1.65. The van der Waals surface area contributed by atoms with Crippen LogP contribution in [0.5, 0.6) is 11.5 Å². The molecule has 2 aromatic rings. The Kier molecular flexibility index (Phi) is 3.38. The Morgan fingerprint density at radius 2 is 1.56 bits per heavy atom. The van der Waals surface area contributed by atoms with Crippen molar-refractivity contribution in [3.8, 4) is 11.5 Å². The maximum Gasteiger partial charge on any atom is 0.118 e. The Morgan fingerprint density at radius 1 is 0.920 bits per heavy atom. The summed E-state index contributed by atoms with van der Waals surface area (Å²) < 4.78 is 5.38. The van der Waals surface area contributed by atoms with Crippen LogP contribution < -0.4 is 4.74 Å². The molecular formula is C23H26O2. The minimum atomic E-state index is 0.107. The maximum absolute atomic E-state index is 9.79. The number of methoxy groups -OCH3 is 1. The lowest BCUT2D eigenvalue weighted by Crippen LogP contribution is -2.40. The zero-order valence-electron chi connectivity index (χ0n) is 14.8. The monoisotopic (exact) mass is 334 g/mol. The normalized spacial score (nSPS) is 35.7. The number of hydrogen-bond donors (Lipinski definition) is 1. The first kappa shape index (κ1) is 15.3. The molecule has 3 aliphatic rings. The molecule has 5 atom stereocenters. The van der Waals surface area contributed by atoms with E-state index in [0.717, 1.165) is 29.4 Å². The van der Waals surface area contributed by atoms with Crippen molar-refractivity contribution in [1.29, 1.82) is 0 Å². The van der Waals surface area contributed by atoms with Crippen LogP contribution in [0.2, 0.25) is 0 Å². The molecule has 3 saturated carbocycles. The molecule has 3 fully saturated rings. The van der Waals surface area contributed by atoms with Gasteiger partial charge in [-0.1, -0.05) is 30.7 Å². The summed E-state index contributed by atoms with van der Waals surface area (Å²) in [6, 6.07) is 16.8. The standard InChI is InChI=1S/C23H26O2/c1-25-19-11-7-17(8-12-19)23(16-5-9-18(24)10-6-16)14-15-13-22(23)21-4-2-3-20(15)21/h5-12,15,20-22,24H,2-4,13-14H2,1H3. The fourth-order valence-electron chi connectivity index (χ4n) is 6.62.